The van der Waals surface area contributed by atoms with Gasteiger partial charge in [0, 0.05) is 6.07 Å². The van der Waals surface area contributed by atoms with Crippen LogP contribution in [0.25, 0.3) is 11.5 Å². The van der Waals surface area contributed by atoms with Crippen LogP contribution < -0.4 is 4.74 Å². The molecule has 0 radical (unpaired) electrons. The Kier molecular flexibility index (Phi) is 2.69. The number of aromatic nitrogens is 4. The Morgan fingerprint density at radius 2 is 2.29 bits per heavy atom. The first kappa shape index (κ1) is 9.47. The lowest BCUT2D eigenvalue weighted by molar-refractivity contribution is 0.397. The van der Waals surface area contributed by atoms with E-state index in [9.17, 15) is 0 Å². The summed E-state index contributed by atoms with van der Waals surface area (Å²) >= 11 is 4.50. The fourth-order valence-electron chi connectivity index (χ4n) is 0.882. The van der Waals surface area contributed by atoms with Gasteiger partial charge in [0.25, 0.3) is 0 Å². The molecule has 0 aromatic carbocycles. The number of hydrogen-bond donors (Lipinski definition) is 0. The molecule has 0 saturated carbocycles. The highest BCUT2D eigenvalue weighted by atomic mass is 79.9. The summed E-state index contributed by atoms with van der Waals surface area (Å²) in [6.07, 6.45) is 1.42. The first-order chi connectivity index (χ1) is 6.79. The number of hydrogen-bond acceptors (Lipinski definition) is 6. The molecule has 72 valence electrons. The van der Waals surface area contributed by atoms with Gasteiger partial charge in [0.05, 0.1) is 7.11 Å². The van der Waals surface area contributed by atoms with Crippen LogP contribution in [0.5, 0.6) is 5.88 Å². The van der Waals surface area contributed by atoms with Crippen molar-refractivity contribution in [3.8, 4) is 17.4 Å². The van der Waals surface area contributed by atoms with Crippen LogP contribution in [0.3, 0.4) is 0 Å². The molecule has 0 aliphatic rings. The van der Waals surface area contributed by atoms with Crippen LogP contribution in [-0.2, 0) is 0 Å². The minimum absolute atomic E-state index is 0.501. The molecule has 0 fully saturated rings. The highest BCUT2D eigenvalue weighted by molar-refractivity contribution is 9.11. The lowest BCUT2D eigenvalue weighted by atomic mass is 10.4. The Labute approximate surface area is 92.5 Å². The predicted molar refractivity (Wildman–Crippen MR) is 55.2 cm³/mol. The van der Waals surface area contributed by atoms with Gasteiger partial charge in [0.15, 0.2) is 9.74 Å². The molecule has 0 aliphatic carbocycles. The summed E-state index contributed by atoms with van der Waals surface area (Å²) in [4.78, 5) is 12.1. The summed E-state index contributed by atoms with van der Waals surface area (Å²) in [6.45, 7) is 0. The first-order valence-corrected chi connectivity index (χ1v) is 5.22. The molecule has 2 aromatic heterocycles. The van der Waals surface area contributed by atoms with Crippen LogP contribution in [0.1, 0.15) is 0 Å². The summed E-state index contributed by atoms with van der Waals surface area (Å²) in [5, 5.41) is 0. The summed E-state index contributed by atoms with van der Waals surface area (Å²) in [5.74, 6) is 1.07. The quantitative estimate of drug-likeness (QED) is 0.834. The number of rotatable bonds is 2. The zero-order chi connectivity index (χ0) is 9.97. The molecule has 0 bridgehead atoms. The van der Waals surface area contributed by atoms with E-state index in [1.54, 1.807) is 13.2 Å². The zero-order valence-electron chi connectivity index (χ0n) is 7.14. The standard InChI is InChI=1S/C7H5BrN4OS/c1-13-5-2-4(9-3-10-5)6-11-7(8)14-12-6/h2-3H,1H3. The smallest absolute Gasteiger partial charge is 0.216 e. The van der Waals surface area contributed by atoms with E-state index >= 15 is 0 Å². The van der Waals surface area contributed by atoms with Gasteiger partial charge in [-0.15, -0.1) is 0 Å². The van der Waals surface area contributed by atoms with E-state index in [4.69, 9.17) is 4.74 Å². The second-order valence-corrected chi connectivity index (χ2v) is 4.34. The van der Waals surface area contributed by atoms with E-state index in [2.05, 4.69) is 35.3 Å². The Bertz CT molecular complexity index is 447. The van der Waals surface area contributed by atoms with Crippen molar-refractivity contribution in [3.05, 3.63) is 16.3 Å². The van der Waals surface area contributed by atoms with E-state index in [1.165, 1.54) is 17.9 Å². The van der Waals surface area contributed by atoms with E-state index < -0.39 is 0 Å². The van der Waals surface area contributed by atoms with Gasteiger partial charge < -0.3 is 4.74 Å². The molecule has 0 atom stereocenters. The molecule has 0 unspecified atom stereocenters. The Balaban J connectivity index is 2.41. The lowest BCUT2D eigenvalue weighted by Crippen LogP contribution is -1.91. The van der Waals surface area contributed by atoms with Crippen molar-refractivity contribution >= 4 is 27.5 Å². The van der Waals surface area contributed by atoms with Gasteiger partial charge >= 0.3 is 0 Å². The zero-order valence-corrected chi connectivity index (χ0v) is 9.54. The average Bonchev–Trinajstić information content (AvgIpc) is 2.65. The minimum atomic E-state index is 0.501. The molecule has 0 spiro atoms. The molecule has 2 rings (SSSR count). The van der Waals surface area contributed by atoms with Gasteiger partial charge in [-0.05, 0) is 27.5 Å². The fourth-order valence-corrected chi connectivity index (χ4v) is 1.69. The fraction of sp³-hybridized carbons (Fsp3) is 0.143. The molecular weight excluding hydrogens is 268 g/mol. The van der Waals surface area contributed by atoms with E-state index in [1.807, 2.05) is 0 Å². The van der Waals surface area contributed by atoms with Crippen molar-refractivity contribution in [1.29, 1.82) is 0 Å². The Morgan fingerprint density at radius 1 is 1.43 bits per heavy atom. The normalized spacial score (nSPS) is 10.1. The van der Waals surface area contributed by atoms with E-state index in [-0.39, 0.29) is 0 Å². The average molecular weight is 273 g/mol. The Morgan fingerprint density at radius 3 is 2.93 bits per heavy atom. The third kappa shape index (κ3) is 1.88. The van der Waals surface area contributed by atoms with Gasteiger partial charge in [0.1, 0.15) is 12.0 Å². The summed E-state index contributed by atoms with van der Waals surface area (Å²) in [6, 6.07) is 1.69. The van der Waals surface area contributed by atoms with Crippen molar-refractivity contribution in [3.63, 3.8) is 0 Å². The van der Waals surface area contributed by atoms with Crippen molar-refractivity contribution in [2.45, 2.75) is 0 Å². The molecule has 0 amide bonds. The molecule has 2 aromatic rings. The van der Waals surface area contributed by atoms with Crippen molar-refractivity contribution in [2.75, 3.05) is 7.11 Å². The maximum Gasteiger partial charge on any atom is 0.216 e. The highest BCUT2D eigenvalue weighted by Crippen LogP contribution is 2.21. The van der Waals surface area contributed by atoms with E-state index in [0.717, 1.165) is 3.92 Å². The monoisotopic (exact) mass is 272 g/mol. The number of methoxy groups -OCH3 is 1. The molecule has 2 heterocycles. The van der Waals surface area contributed by atoms with Crippen molar-refractivity contribution in [1.82, 2.24) is 19.3 Å². The lowest BCUT2D eigenvalue weighted by Gasteiger charge is -1.98. The molecule has 0 saturated heterocycles. The van der Waals surface area contributed by atoms with Gasteiger partial charge in [0.2, 0.25) is 5.88 Å². The number of nitrogens with zero attached hydrogens (tertiary/aromatic N) is 4. The molecule has 5 nitrogen and oxygen atoms in total. The largest absolute Gasteiger partial charge is 0.481 e. The maximum atomic E-state index is 4.97. The van der Waals surface area contributed by atoms with Gasteiger partial charge in [-0.25, -0.2) is 15.0 Å². The third-order valence-electron chi connectivity index (χ3n) is 1.48. The SMILES string of the molecule is COc1cc(-c2nsc(Br)n2)ncn1. The molecule has 0 aliphatic heterocycles. The van der Waals surface area contributed by atoms with Crippen molar-refractivity contribution in [2.24, 2.45) is 0 Å². The van der Waals surface area contributed by atoms with Crippen molar-refractivity contribution < 1.29 is 4.74 Å². The minimum Gasteiger partial charge on any atom is -0.481 e. The predicted octanol–water partition coefficient (Wildman–Crippen LogP) is 1.77. The van der Waals surface area contributed by atoms with Crippen LogP contribution in [0.4, 0.5) is 0 Å². The molecule has 0 N–H and O–H groups in total. The Hall–Kier alpha value is -1.08. The highest BCUT2D eigenvalue weighted by Gasteiger charge is 2.07. The molecular formula is C7H5BrN4OS. The van der Waals surface area contributed by atoms with Crippen LogP contribution in [0.2, 0.25) is 0 Å². The first-order valence-electron chi connectivity index (χ1n) is 3.65. The second kappa shape index (κ2) is 3.97. The van der Waals surface area contributed by atoms with Crippen LogP contribution in [0.15, 0.2) is 16.3 Å². The summed E-state index contributed by atoms with van der Waals surface area (Å²) < 4.78 is 9.79. The van der Waals surface area contributed by atoms with Crippen LogP contribution in [-0.4, -0.2) is 26.4 Å². The maximum absolute atomic E-state index is 4.97. The van der Waals surface area contributed by atoms with Crippen LogP contribution in [0, 0.1) is 0 Å². The summed E-state index contributed by atoms with van der Waals surface area (Å²) in [5.41, 5.74) is 0.652. The number of ether oxygens (including phenoxy) is 1. The van der Waals surface area contributed by atoms with Gasteiger partial charge in [-0.2, -0.15) is 4.37 Å². The molecule has 14 heavy (non-hydrogen) atoms. The topological polar surface area (TPSA) is 60.8 Å². The third-order valence-corrected chi connectivity index (χ3v) is 2.60. The number of halogens is 1. The van der Waals surface area contributed by atoms with Gasteiger partial charge in [-0.1, -0.05) is 0 Å². The second-order valence-electron chi connectivity index (χ2n) is 2.32. The van der Waals surface area contributed by atoms with Gasteiger partial charge in [-0.3, -0.25) is 0 Å². The summed E-state index contributed by atoms with van der Waals surface area (Å²) in [7, 11) is 1.55. The van der Waals surface area contributed by atoms with Crippen LogP contribution >= 0.6 is 27.5 Å². The van der Waals surface area contributed by atoms with E-state index in [0.29, 0.717) is 17.4 Å². The molecule has 7 heteroatoms.